The molecule has 4 nitrogen and oxygen atoms in total. The lowest BCUT2D eigenvalue weighted by Gasteiger charge is -2.03. The third-order valence-electron chi connectivity index (χ3n) is 3.99. The summed E-state index contributed by atoms with van der Waals surface area (Å²) < 4.78 is 0. The summed E-state index contributed by atoms with van der Waals surface area (Å²) in [5, 5.41) is 1.34. The maximum Gasteiger partial charge on any atom is 0.221 e. The number of pyridine rings is 1. The van der Waals surface area contributed by atoms with Gasteiger partial charge in [0.2, 0.25) is 5.78 Å². The zero-order valence-corrected chi connectivity index (χ0v) is 14.2. The Morgan fingerprint density at radius 2 is 1.92 bits per heavy atom. The number of halogens is 1. The van der Waals surface area contributed by atoms with E-state index in [1.54, 1.807) is 6.08 Å². The van der Waals surface area contributed by atoms with Crippen LogP contribution in [0.4, 0.5) is 0 Å². The summed E-state index contributed by atoms with van der Waals surface area (Å²) >= 11 is 6.25. The molecule has 2 aromatic heterocycles. The van der Waals surface area contributed by atoms with Gasteiger partial charge in [-0.05, 0) is 48.9 Å². The topological polar surface area (TPSA) is 58.6 Å². The Kier molecular flexibility index (Phi) is 3.82. The van der Waals surface area contributed by atoms with Crippen LogP contribution >= 0.6 is 11.6 Å². The molecule has 122 valence electrons. The van der Waals surface area contributed by atoms with Crippen LogP contribution in [-0.2, 0) is 0 Å². The molecule has 0 amide bonds. The van der Waals surface area contributed by atoms with Crippen LogP contribution in [-0.4, -0.2) is 20.7 Å². The summed E-state index contributed by atoms with van der Waals surface area (Å²) in [7, 11) is 0. The summed E-state index contributed by atoms with van der Waals surface area (Å²) in [6.07, 6.45) is 3.13. The molecular weight excluding hydrogens is 334 g/mol. The van der Waals surface area contributed by atoms with Crippen LogP contribution in [0.25, 0.3) is 28.0 Å². The van der Waals surface area contributed by atoms with Gasteiger partial charge < -0.3 is 4.98 Å². The van der Waals surface area contributed by atoms with E-state index in [2.05, 4.69) is 15.0 Å². The normalized spacial score (nSPS) is 11.6. The van der Waals surface area contributed by atoms with E-state index in [1.807, 2.05) is 55.5 Å². The predicted octanol–water partition coefficient (Wildman–Crippen LogP) is 4.97. The zero-order valence-electron chi connectivity index (χ0n) is 13.5. The lowest BCUT2D eigenvalue weighted by molar-refractivity contribution is 0.103. The highest BCUT2D eigenvalue weighted by Gasteiger charge is 2.09. The summed E-state index contributed by atoms with van der Waals surface area (Å²) in [5.41, 5.74) is 4.26. The fourth-order valence-corrected chi connectivity index (χ4v) is 2.91. The number of ketones is 1. The second-order valence-electron chi connectivity index (χ2n) is 5.86. The maximum absolute atomic E-state index is 12.4. The Morgan fingerprint density at radius 3 is 2.76 bits per heavy atom. The van der Waals surface area contributed by atoms with Gasteiger partial charge >= 0.3 is 0 Å². The largest absolute Gasteiger partial charge is 0.335 e. The van der Waals surface area contributed by atoms with Crippen LogP contribution in [0.1, 0.15) is 21.7 Å². The van der Waals surface area contributed by atoms with Gasteiger partial charge in [-0.3, -0.25) is 4.79 Å². The van der Waals surface area contributed by atoms with Crippen molar-refractivity contribution < 1.29 is 4.79 Å². The molecule has 5 heteroatoms. The van der Waals surface area contributed by atoms with E-state index in [0.717, 1.165) is 27.5 Å². The molecule has 0 saturated carbocycles. The minimum Gasteiger partial charge on any atom is -0.335 e. The lowest BCUT2D eigenvalue weighted by atomic mass is 10.1. The van der Waals surface area contributed by atoms with Crippen LogP contribution in [0.3, 0.4) is 0 Å². The third-order valence-corrected chi connectivity index (χ3v) is 4.29. The first-order valence-electron chi connectivity index (χ1n) is 7.84. The molecule has 0 fully saturated rings. The molecule has 2 heterocycles. The standard InChI is InChI=1S/C20H14ClN3O/c1-12-6-7-13-11-14(19(21)22-17(13)10-12)8-9-18(25)20-23-15-4-2-3-5-16(15)24-20/h2-11H,1H3,(H,23,24)/b9-8+. The van der Waals surface area contributed by atoms with E-state index in [9.17, 15) is 4.79 Å². The Morgan fingerprint density at radius 1 is 1.08 bits per heavy atom. The number of nitrogens with one attached hydrogen (secondary N) is 1. The molecule has 0 atom stereocenters. The number of carbonyl (C=O) groups excluding carboxylic acids is 1. The van der Waals surface area contributed by atoms with Gasteiger partial charge in [0.05, 0.1) is 16.6 Å². The lowest BCUT2D eigenvalue weighted by Crippen LogP contribution is -1.97. The number of imidazole rings is 1. The van der Waals surface area contributed by atoms with Gasteiger partial charge in [0.25, 0.3) is 0 Å². The summed E-state index contributed by atoms with van der Waals surface area (Å²) in [6.45, 7) is 2.01. The number of fused-ring (bicyclic) bond motifs is 2. The van der Waals surface area contributed by atoms with Gasteiger partial charge in [-0.15, -0.1) is 0 Å². The number of carbonyl (C=O) groups is 1. The second-order valence-corrected chi connectivity index (χ2v) is 6.22. The van der Waals surface area contributed by atoms with Gasteiger partial charge in [-0.1, -0.05) is 35.9 Å². The average molecular weight is 348 g/mol. The summed E-state index contributed by atoms with van der Waals surface area (Å²) in [4.78, 5) is 24.1. The van der Waals surface area contributed by atoms with Gasteiger partial charge in [0.1, 0.15) is 5.15 Å². The number of aromatic amines is 1. The van der Waals surface area contributed by atoms with Crippen molar-refractivity contribution in [2.24, 2.45) is 0 Å². The summed E-state index contributed by atoms with van der Waals surface area (Å²) in [6, 6.07) is 15.4. The number of hydrogen-bond acceptors (Lipinski definition) is 3. The van der Waals surface area contributed by atoms with E-state index >= 15 is 0 Å². The Balaban J connectivity index is 1.66. The van der Waals surface area contributed by atoms with Crippen molar-refractivity contribution in [3.05, 3.63) is 76.7 Å². The van der Waals surface area contributed by atoms with Crippen molar-refractivity contribution in [2.45, 2.75) is 6.92 Å². The molecule has 1 N–H and O–H groups in total. The Hall–Kier alpha value is -2.98. The van der Waals surface area contributed by atoms with Crippen LogP contribution in [0.2, 0.25) is 5.15 Å². The van der Waals surface area contributed by atoms with Gasteiger partial charge in [0.15, 0.2) is 5.82 Å². The number of hydrogen-bond donors (Lipinski definition) is 1. The van der Waals surface area contributed by atoms with Crippen molar-refractivity contribution in [2.75, 3.05) is 0 Å². The molecule has 4 aromatic rings. The van der Waals surface area contributed by atoms with Crippen LogP contribution in [0, 0.1) is 6.92 Å². The average Bonchev–Trinajstić information content (AvgIpc) is 3.04. The molecule has 4 rings (SSSR count). The predicted molar refractivity (Wildman–Crippen MR) is 101 cm³/mol. The second kappa shape index (κ2) is 6.15. The summed E-state index contributed by atoms with van der Waals surface area (Å²) in [5.74, 6) is 0.0919. The Bertz CT molecular complexity index is 1110. The molecule has 0 spiro atoms. The minimum absolute atomic E-state index is 0.212. The molecule has 0 aliphatic rings. The number of para-hydroxylation sites is 2. The first-order chi connectivity index (χ1) is 12.1. The van der Waals surface area contributed by atoms with E-state index in [0.29, 0.717) is 16.5 Å². The zero-order chi connectivity index (χ0) is 17.4. The highest BCUT2D eigenvalue weighted by Crippen LogP contribution is 2.23. The van der Waals surface area contributed by atoms with Crippen molar-refractivity contribution >= 4 is 45.4 Å². The van der Waals surface area contributed by atoms with Gasteiger partial charge in [-0.25, -0.2) is 9.97 Å². The molecule has 0 saturated heterocycles. The molecule has 0 aliphatic carbocycles. The quantitative estimate of drug-likeness (QED) is 0.323. The number of aromatic nitrogens is 3. The molecule has 0 bridgehead atoms. The Labute approximate surface area is 149 Å². The van der Waals surface area contributed by atoms with Crippen LogP contribution in [0.15, 0.2) is 54.6 Å². The molecular formula is C20H14ClN3O. The SMILES string of the molecule is Cc1ccc2cc(/C=C/C(=O)c3nc4ccccc4[nH]3)c(Cl)nc2c1. The third kappa shape index (κ3) is 3.04. The highest BCUT2D eigenvalue weighted by atomic mass is 35.5. The van der Waals surface area contributed by atoms with Crippen molar-refractivity contribution in [1.29, 1.82) is 0 Å². The van der Waals surface area contributed by atoms with Crippen LogP contribution < -0.4 is 0 Å². The van der Waals surface area contributed by atoms with E-state index in [4.69, 9.17) is 11.6 Å². The maximum atomic E-state index is 12.4. The number of nitrogens with zero attached hydrogens (tertiary/aromatic N) is 2. The van der Waals surface area contributed by atoms with Crippen LogP contribution in [0.5, 0.6) is 0 Å². The highest BCUT2D eigenvalue weighted by molar-refractivity contribution is 6.31. The van der Waals surface area contributed by atoms with Gasteiger partial charge in [-0.2, -0.15) is 0 Å². The molecule has 2 aromatic carbocycles. The van der Waals surface area contributed by atoms with E-state index < -0.39 is 0 Å². The monoisotopic (exact) mass is 347 g/mol. The molecule has 0 unspecified atom stereocenters. The number of H-pyrrole nitrogens is 1. The molecule has 0 aliphatic heterocycles. The number of rotatable bonds is 3. The molecule has 0 radical (unpaired) electrons. The minimum atomic E-state index is -0.212. The fraction of sp³-hybridized carbons (Fsp3) is 0.0500. The fourth-order valence-electron chi connectivity index (χ4n) is 2.70. The number of aryl methyl sites for hydroxylation is 1. The van der Waals surface area contributed by atoms with E-state index in [-0.39, 0.29) is 5.78 Å². The molecule has 25 heavy (non-hydrogen) atoms. The van der Waals surface area contributed by atoms with Crippen molar-refractivity contribution in [3.8, 4) is 0 Å². The van der Waals surface area contributed by atoms with E-state index in [1.165, 1.54) is 6.08 Å². The smallest absolute Gasteiger partial charge is 0.221 e. The number of benzene rings is 2. The van der Waals surface area contributed by atoms with Gasteiger partial charge in [0, 0.05) is 10.9 Å². The number of allylic oxidation sites excluding steroid dienone is 1. The van der Waals surface area contributed by atoms with Crippen molar-refractivity contribution in [3.63, 3.8) is 0 Å². The first kappa shape index (κ1) is 15.5. The van der Waals surface area contributed by atoms with Crippen molar-refractivity contribution in [1.82, 2.24) is 15.0 Å². The first-order valence-corrected chi connectivity index (χ1v) is 8.22.